The van der Waals surface area contributed by atoms with Gasteiger partial charge in [-0.3, -0.25) is 9.96 Å². The van der Waals surface area contributed by atoms with E-state index in [9.17, 15) is 0 Å². The molecule has 0 heterocycles. The molecule has 1 unspecified atom stereocenters. The lowest BCUT2D eigenvalue weighted by Crippen LogP contribution is -2.61. The summed E-state index contributed by atoms with van der Waals surface area (Å²) in [6.45, 7) is 9.31. The van der Waals surface area contributed by atoms with Crippen LogP contribution < -0.4 is 15.7 Å². The van der Waals surface area contributed by atoms with E-state index in [1.807, 2.05) is 13.8 Å². The molecule has 1 atom stereocenters. The highest BCUT2D eigenvalue weighted by Gasteiger charge is 2.42. The Hall–Kier alpha value is 0.114. The summed E-state index contributed by atoms with van der Waals surface area (Å²) in [7, 11) is -1.45. The Kier molecular flexibility index (Phi) is 15.4. The SMILES string of the molecule is CCO[SiH](NCCN[Si](OC)(OC)OC(CC)CCCN)OCC. The molecular formula is C14H37N3O5Si2. The van der Waals surface area contributed by atoms with Crippen LogP contribution in [0.1, 0.15) is 40.0 Å². The largest absolute Gasteiger partial charge is 0.596 e. The summed E-state index contributed by atoms with van der Waals surface area (Å²) in [4.78, 5) is 6.62. The van der Waals surface area contributed by atoms with Crippen LogP contribution in [-0.4, -0.2) is 71.6 Å². The fraction of sp³-hybridized carbons (Fsp3) is 1.00. The van der Waals surface area contributed by atoms with Gasteiger partial charge in [0.25, 0.3) is 0 Å². The molecule has 0 aliphatic rings. The summed E-state index contributed by atoms with van der Waals surface area (Å²) >= 11 is 0. The topological polar surface area (TPSA) is 96.2 Å². The summed E-state index contributed by atoms with van der Waals surface area (Å²) in [5.74, 6) is 0. The molecular weight excluding hydrogens is 346 g/mol. The van der Waals surface area contributed by atoms with Crippen LogP contribution in [0.4, 0.5) is 0 Å². The second-order valence-electron chi connectivity index (χ2n) is 5.17. The molecule has 0 aromatic heterocycles. The maximum Gasteiger partial charge on any atom is 0.596 e. The molecule has 0 fully saturated rings. The summed E-state index contributed by atoms with van der Waals surface area (Å²) < 4.78 is 28.4. The monoisotopic (exact) mass is 383 g/mol. The molecule has 8 nitrogen and oxygen atoms in total. The molecule has 0 aliphatic carbocycles. The maximum absolute atomic E-state index is 6.14. The Balaban J connectivity index is 4.38. The van der Waals surface area contributed by atoms with Gasteiger partial charge in [-0.15, -0.1) is 0 Å². The second-order valence-corrected chi connectivity index (χ2v) is 9.42. The Morgan fingerprint density at radius 1 is 1.04 bits per heavy atom. The van der Waals surface area contributed by atoms with E-state index in [1.165, 1.54) is 0 Å². The van der Waals surface area contributed by atoms with Crippen LogP contribution in [0, 0.1) is 0 Å². The predicted molar refractivity (Wildman–Crippen MR) is 99.6 cm³/mol. The second kappa shape index (κ2) is 15.4. The lowest BCUT2D eigenvalue weighted by molar-refractivity contribution is 0.0392. The van der Waals surface area contributed by atoms with Gasteiger partial charge < -0.3 is 27.9 Å². The lowest BCUT2D eigenvalue weighted by Gasteiger charge is -2.31. The molecule has 0 aromatic rings. The van der Waals surface area contributed by atoms with Gasteiger partial charge in [0, 0.05) is 40.5 Å². The average molecular weight is 384 g/mol. The van der Waals surface area contributed by atoms with Crippen molar-refractivity contribution in [2.24, 2.45) is 5.73 Å². The summed E-state index contributed by atoms with van der Waals surface area (Å²) in [5, 5.41) is 0. The summed E-state index contributed by atoms with van der Waals surface area (Å²) in [6, 6.07) is 0. The number of hydrogen-bond acceptors (Lipinski definition) is 8. The van der Waals surface area contributed by atoms with Crippen molar-refractivity contribution < 1.29 is 22.1 Å². The van der Waals surface area contributed by atoms with Gasteiger partial charge in [-0.1, -0.05) is 6.92 Å². The molecule has 0 spiro atoms. The Labute approximate surface area is 150 Å². The highest BCUT2D eigenvalue weighted by molar-refractivity contribution is 6.57. The van der Waals surface area contributed by atoms with Gasteiger partial charge in [0.15, 0.2) is 0 Å². The zero-order valence-electron chi connectivity index (χ0n) is 15.9. The van der Waals surface area contributed by atoms with E-state index < -0.39 is 18.4 Å². The normalized spacial score (nSPS) is 13.6. The molecule has 0 saturated heterocycles. The van der Waals surface area contributed by atoms with Crippen molar-refractivity contribution in [2.45, 2.75) is 46.1 Å². The molecule has 0 bridgehead atoms. The van der Waals surface area contributed by atoms with E-state index in [1.54, 1.807) is 14.2 Å². The molecule has 0 aliphatic heterocycles. The fourth-order valence-electron chi connectivity index (χ4n) is 2.15. The van der Waals surface area contributed by atoms with Crippen molar-refractivity contribution in [1.29, 1.82) is 0 Å². The van der Waals surface area contributed by atoms with Crippen LogP contribution in [0.25, 0.3) is 0 Å². The van der Waals surface area contributed by atoms with E-state index in [4.69, 9.17) is 27.9 Å². The van der Waals surface area contributed by atoms with E-state index in [-0.39, 0.29) is 6.10 Å². The molecule has 4 N–H and O–H groups in total. The summed E-state index contributed by atoms with van der Waals surface area (Å²) in [6.07, 6.45) is 2.80. The van der Waals surface area contributed by atoms with Gasteiger partial charge in [0.2, 0.25) is 0 Å². The maximum atomic E-state index is 6.14. The molecule has 0 aromatic carbocycles. The fourth-order valence-corrected chi connectivity index (χ4v) is 5.35. The zero-order chi connectivity index (χ0) is 18.3. The van der Waals surface area contributed by atoms with Gasteiger partial charge in [0.05, 0.1) is 6.10 Å². The van der Waals surface area contributed by atoms with Crippen LogP contribution in [0.2, 0.25) is 0 Å². The van der Waals surface area contributed by atoms with Crippen molar-refractivity contribution in [3.8, 4) is 0 Å². The Morgan fingerprint density at radius 3 is 2.12 bits per heavy atom. The first-order valence-corrected chi connectivity index (χ1v) is 12.1. The van der Waals surface area contributed by atoms with Crippen LogP contribution in [0.15, 0.2) is 0 Å². The standard InChI is InChI=1S/C14H37N3O5Si2/c1-6-14(10-9-11-15)22-24(18-4,19-5)17-13-12-16-23(20-7-2)21-8-3/h14,16-17,23H,6-13,15H2,1-5H3. The molecule has 0 saturated carbocycles. The first-order chi connectivity index (χ1) is 11.6. The number of hydrogen-bond donors (Lipinski definition) is 3. The van der Waals surface area contributed by atoms with E-state index in [0.717, 1.165) is 19.3 Å². The number of nitrogens with one attached hydrogen (secondary N) is 2. The molecule has 146 valence electrons. The minimum Gasteiger partial charge on any atom is -0.385 e. The highest BCUT2D eigenvalue weighted by atomic mass is 28.4. The minimum atomic E-state index is -2.88. The lowest BCUT2D eigenvalue weighted by atomic mass is 10.1. The van der Waals surface area contributed by atoms with Crippen LogP contribution in [0.5, 0.6) is 0 Å². The minimum absolute atomic E-state index is 0.0783. The van der Waals surface area contributed by atoms with Crippen molar-refractivity contribution in [3.63, 3.8) is 0 Å². The predicted octanol–water partition coefficient (Wildman–Crippen LogP) is 0.218. The Morgan fingerprint density at radius 2 is 1.67 bits per heavy atom. The number of nitrogens with two attached hydrogens (primary N) is 1. The molecule has 0 radical (unpaired) electrons. The van der Waals surface area contributed by atoms with Crippen molar-refractivity contribution in [3.05, 3.63) is 0 Å². The van der Waals surface area contributed by atoms with Gasteiger partial charge in [0.1, 0.15) is 0 Å². The average Bonchev–Trinajstić information content (AvgIpc) is 2.61. The smallest absolute Gasteiger partial charge is 0.385 e. The van der Waals surface area contributed by atoms with Gasteiger partial charge in [-0.25, -0.2) is 0 Å². The van der Waals surface area contributed by atoms with Gasteiger partial charge in [-0.05, 0) is 39.7 Å². The molecule has 0 rings (SSSR count). The van der Waals surface area contributed by atoms with Crippen LogP contribution >= 0.6 is 0 Å². The first-order valence-electron chi connectivity index (χ1n) is 8.81. The van der Waals surface area contributed by atoms with Crippen molar-refractivity contribution in [1.82, 2.24) is 9.96 Å². The Bertz CT molecular complexity index is 283. The third-order valence-corrected chi connectivity index (χ3v) is 7.75. The van der Waals surface area contributed by atoms with Crippen molar-refractivity contribution in [2.75, 3.05) is 47.1 Å². The van der Waals surface area contributed by atoms with Gasteiger partial charge >= 0.3 is 18.4 Å². The third kappa shape index (κ3) is 10.2. The van der Waals surface area contributed by atoms with E-state index in [2.05, 4.69) is 16.9 Å². The van der Waals surface area contributed by atoms with Crippen molar-refractivity contribution >= 4 is 18.4 Å². The molecule has 10 heteroatoms. The van der Waals surface area contributed by atoms with E-state index >= 15 is 0 Å². The molecule has 24 heavy (non-hydrogen) atoms. The van der Waals surface area contributed by atoms with Gasteiger partial charge in [-0.2, -0.15) is 0 Å². The third-order valence-electron chi connectivity index (χ3n) is 3.46. The summed E-state index contributed by atoms with van der Waals surface area (Å²) in [5.41, 5.74) is 5.59. The molecule has 0 amide bonds. The quantitative estimate of drug-likeness (QED) is 0.242. The zero-order valence-corrected chi connectivity index (χ0v) is 18.1. The first kappa shape index (κ1) is 24.1. The van der Waals surface area contributed by atoms with Crippen LogP contribution in [0.3, 0.4) is 0 Å². The number of rotatable bonds is 17. The highest BCUT2D eigenvalue weighted by Crippen LogP contribution is 2.14. The van der Waals surface area contributed by atoms with Crippen LogP contribution in [-0.2, 0) is 22.1 Å². The van der Waals surface area contributed by atoms with E-state index in [0.29, 0.717) is 32.8 Å².